The molecule has 0 atom stereocenters. The SMILES string of the molecule is CC(=O)Nc1ccc(Cl)cc1N1CCC(n2c(=N)n(Cc3ccccc3Cl)c3ccccc32)CC1. The fourth-order valence-electron chi connectivity index (χ4n) is 5.01. The number of piperidine rings is 1. The van der Waals surface area contributed by atoms with E-state index in [1.807, 2.05) is 53.1 Å². The zero-order valence-corrected chi connectivity index (χ0v) is 21.0. The smallest absolute Gasteiger partial charge is 0.221 e. The molecule has 2 heterocycles. The van der Waals surface area contributed by atoms with Crippen molar-refractivity contribution < 1.29 is 4.79 Å². The minimum absolute atomic E-state index is 0.107. The van der Waals surface area contributed by atoms with Crippen LogP contribution < -0.4 is 15.8 Å². The van der Waals surface area contributed by atoms with Gasteiger partial charge in [-0.1, -0.05) is 53.5 Å². The maximum absolute atomic E-state index is 11.7. The predicted octanol–water partition coefficient (Wildman–Crippen LogP) is 6.08. The van der Waals surface area contributed by atoms with E-state index in [-0.39, 0.29) is 11.9 Å². The average Bonchev–Trinajstić information content (AvgIpc) is 3.13. The molecule has 2 N–H and O–H groups in total. The summed E-state index contributed by atoms with van der Waals surface area (Å²) in [5.74, 6) is -0.107. The van der Waals surface area contributed by atoms with Crippen molar-refractivity contribution in [1.29, 1.82) is 5.41 Å². The zero-order valence-electron chi connectivity index (χ0n) is 19.5. The Morgan fingerprint density at radius 2 is 1.69 bits per heavy atom. The van der Waals surface area contributed by atoms with Crippen molar-refractivity contribution in [2.45, 2.75) is 32.4 Å². The molecule has 1 aliphatic rings. The second kappa shape index (κ2) is 9.80. The number of carbonyl (C=O) groups is 1. The van der Waals surface area contributed by atoms with Crippen molar-refractivity contribution >= 4 is 51.5 Å². The summed E-state index contributed by atoms with van der Waals surface area (Å²) >= 11 is 12.7. The summed E-state index contributed by atoms with van der Waals surface area (Å²) in [4.78, 5) is 14.0. The molecule has 1 aliphatic heterocycles. The molecule has 0 spiro atoms. The van der Waals surface area contributed by atoms with Crippen LogP contribution in [-0.4, -0.2) is 28.1 Å². The van der Waals surface area contributed by atoms with Gasteiger partial charge in [0.2, 0.25) is 11.5 Å². The third-order valence-electron chi connectivity index (χ3n) is 6.64. The third kappa shape index (κ3) is 4.68. The topological polar surface area (TPSA) is 66.1 Å². The Labute approximate surface area is 214 Å². The predicted molar refractivity (Wildman–Crippen MR) is 143 cm³/mol. The molecule has 1 saturated heterocycles. The minimum atomic E-state index is -0.107. The largest absolute Gasteiger partial charge is 0.370 e. The highest BCUT2D eigenvalue weighted by Crippen LogP contribution is 2.34. The molecule has 6 nitrogen and oxygen atoms in total. The first kappa shape index (κ1) is 23.5. The molecule has 0 saturated carbocycles. The maximum Gasteiger partial charge on any atom is 0.221 e. The first-order chi connectivity index (χ1) is 16.9. The van der Waals surface area contributed by atoms with Gasteiger partial charge >= 0.3 is 0 Å². The first-order valence-corrected chi connectivity index (χ1v) is 12.5. The summed E-state index contributed by atoms with van der Waals surface area (Å²) in [6, 6.07) is 21.8. The van der Waals surface area contributed by atoms with Gasteiger partial charge < -0.3 is 19.4 Å². The normalized spacial score (nSPS) is 14.4. The number of amides is 1. The number of aromatic nitrogens is 2. The van der Waals surface area contributed by atoms with Crippen LogP contribution in [0.3, 0.4) is 0 Å². The molecule has 180 valence electrons. The van der Waals surface area contributed by atoms with E-state index in [2.05, 4.69) is 26.9 Å². The second-order valence-electron chi connectivity index (χ2n) is 8.92. The number of hydrogen-bond acceptors (Lipinski definition) is 3. The van der Waals surface area contributed by atoms with Gasteiger partial charge in [0.1, 0.15) is 0 Å². The van der Waals surface area contributed by atoms with Gasteiger partial charge in [-0.2, -0.15) is 0 Å². The van der Waals surface area contributed by atoms with Gasteiger partial charge in [0.05, 0.1) is 29.0 Å². The average molecular weight is 508 g/mol. The van der Waals surface area contributed by atoms with Gasteiger partial charge in [-0.15, -0.1) is 0 Å². The Morgan fingerprint density at radius 3 is 2.40 bits per heavy atom. The van der Waals surface area contributed by atoms with Crippen LogP contribution in [0.15, 0.2) is 66.7 Å². The highest BCUT2D eigenvalue weighted by molar-refractivity contribution is 6.31. The quantitative estimate of drug-likeness (QED) is 0.343. The zero-order chi connectivity index (χ0) is 24.5. The van der Waals surface area contributed by atoms with E-state index in [4.69, 9.17) is 28.6 Å². The van der Waals surface area contributed by atoms with E-state index in [1.54, 1.807) is 6.07 Å². The Morgan fingerprint density at radius 1 is 1.00 bits per heavy atom. The summed E-state index contributed by atoms with van der Waals surface area (Å²) in [5.41, 5.74) is 5.27. The van der Waals surface area contributed by atoms with Crippen molar-refractivity contribution in [2.24, 2.45) is 0 Å². The lowest BCUT2D eigenvalue weighted by atomic mass is 10.0. The molecule has 35 heavy (non-hydrogen) atoms. The molecule has 0 radical (unpaired) electrons. The number of anilines is 2. The number of nitrogens with one attached hydrogen (secondary N) is 2. The number of imidazole rings is 1. The molecule has 4 aromatic rings. The number of halogens is 2. The van der Waals surface area contributed by atoms with Crippen LogP contribution in [0.4, 0.5) is 11.4 Å². The van der Waals surface area contributed by atoms with Crippen molar-refractivity contribution in [2.75, 3.05) is 23.3 Å². The van der Waals surface area contributed by atoms with Gasteiger partial charge in [-0.3, -0.25) is 10.2 Å². The number of carbonyl (C=O) groups excluding carboxylic acids is 1. The molecule has 1 aromatic heterocycles. The Kier molecular flexibility index (Phi) is 6.58. The van der Waals surface area contributed by atoms with Crippen molar-refractivity contribution in [1.82, 2.24) is 9.13 Å². The van der Waals surface area contributed by atoms with Crippen LogP contribution in [-0.2, 0) is 11.3 Å². The van der Waals surface area contributed by atoms with E-state index < -0.39 is 0 Å². The van der Waals surface area contributed by atoms with E-state index >= 15 is 0 Å². The number of fused-ring (bicyclic) bond motifs is 1. The summed E-state index contributed by atoms with van der Waals surface area (Å²) < 4.78 is 4.20. The van der Waals surface area contributed by atoms with Gasteiger partial charge in [0, 0.05) is 36.1 Å². The molecule has 0 bridgehead atoms. The van der Waals surface area contributed by atoms with E-state index in [0.29, 0.717) is 22.2 Å². The van der Waals surface area contributed by atoms with Crippen LogP contribution in [0.5, 0.6) is 0 Å². The molecule has 3 aromatic carbocycles. The van der Waals surface area contributed by atoms with Gasteiger partial charge in [0.15, 0.2) is 0 Å². The summed E-state index contributed by atoms with van der Waals surface area (Å²) in [7, 11) is 0. The van der Waals surface area contributed by atoms with E-state index in [1.165, 1.54) is 6.92 Å². The monoisotopic (exact) mass is 507 g/mol. The van der Waals surface area contributed by atoms with E-state index in [9.17, 15) is 4.79 Å². The fraction of sp³-hybridized carbons (Fsp3) is 0.259. The summed E-state index contributed by atoms with van der Waals surface area (Å²) in [5, 5.41) is 13.4. The molecule has 8 heteroatoms. The maximum atomic E-state index is 11.7. The van der Waals surface area contributed by atoms with Crippen LogP contribution in [0, 0.1) is 5.41 Å². The lowest BCUT2D eigenvalue weighted by molar-refractivity contribution is -0.114. The van der Waals surface area contributed by atoms with E-state index in [0.717, 1.165) is 53.9 Å². The lowest BCUT2D eigenvalue weighted by Crippen LogP contribution is -2.38. The molecule has 1 fully saturated rings. The van der Waals surface area contributed by atoms with Crippen molar-refractivity contribution in [3.63, 3.8) is 0 Å². The molecular weight excluding hydrogens is 481 g/mol. The number of rotatable bonds is 5. The Bertz CT molecular complexity index is 1450. The molecule has 1 amide bonds. The van der Waals surface area contributed by atoms with Gasteiger partial charge in [-0.05, 0) is 54.8 Å². The lowest BCUT2D eigenvalue weighted by Gasteiger charge is -2.35. The van der Waals surface area contributed by atoms with Crippen LogP contribution in [0.1, 0.15) is 31.4 Å². The van der Waals surface area contributed by atoms with Gasteiger partial charge in [-0.25, -0.2) is 0 Å². The van der Waals surface area contributed by atoms with Crippen LogP contribution in [0.25, 0.3) is 11.0 Å². The van der Waals surface area contributed by atoms with Crippen LogP contribution in [0.2, 0.25) is 10.0 Å². The highest BCUT2D eigenvalue weighted by Gasteiger charge is 2.26. The Balaban J connectivity index is 1.44. The van der Waals surface area contributed by atoms with Gasteiger partial charge in [0.25, 0.3) is 0 Å². The number of hydrogen-bond donors (Lipinski definition) is 2. The Hall–Kier alpha value is -3.22. The minimum Gasteiger partial charge on any atom is -0.370 e. The number of nitrogens with zero attached hydrogens (tertiary/aromatic N) is 3. The molecule has 0 aliphatic carbocycles. The molecule has 5 rings (SSSR count). The number of benzene rings is 3. The van der Waals surface area contributed by atoms with Crippen molar-refractivity contribution in [3.05, 3.63) is 88.0 Å². The summed E-state index contributed by atoms with van der Waals surface area (Å²) in [6.45, 7) is 3.66. The second-order valence-corrected chi connectivity index (χ2v) is 9.76. The molecule has 0 unspecified atom stereocenters. The first-order valence-electron chi connectivity index (χ1n) is 11.7. The van der Waals surface area contributed by atoms with Crippen LogP contribution >= 0.6 is 23.2 Å². The third-order valence-corrected chi connectivity index (χ3v) is 7.25. The fourth-order valence-corrected chi connectivity index (χ4v) is 5.37. The van der Waals surface area contributed by atoms with Crippen molar-refractivity contribution in [3.8, 4) is 0 Å². The number of para-hydroxylation sites is 2. The standard InChI is InChI=1S/C27H27Cl2N5O/c1-18(35)31-23-11-10-20(28)16-26(23)32-14-12-21(13-15-32)34-25-9-5-4-8-24(25)33(27(34)30)17-19-6-2-3-7-22(19)29/h2-11,16,21,30H,12-15,17H2,1H3,(H,31,35). The molecular formula is C27H27Cl2N5O. The summed E-state index contributed by atoms with van der Waals surface area (Å²) in [6.07, 6.45) is 1.76. The highest BCUT2D eigenvalue weighted by atomic mass is 35.5.